The molecule has 0 unspecified atom stereocenters. The minimum Gasteiger partial charge on any atom is -0.456 e. The first-order valence-corrected chi connectivity index (χ1v) is 18.2. The average Bonchev–Trinajstić information content (AvgIpc) is 3.58. The summed E-state index contributed by atoms with van der Waals surface area (Å²) >= 11 is 0. The number of hydrogen-bond donors (Lipinski definition) is 0. The Hall–Kier alpha value is -6.96. The molecule has 246 valence electrons. The van der Waals surface area contributed by atoms with Gasteiger partial charge in [-0.3, -0.25) is 0 Å². The van der Waals surface area contributed by atoms with Crippen LogP contribution in [0.15, 0.2) is 199 Å². The molecule has 53 heavy (non-hydrogen) atoms. The van der Waals surface area contributed by atoms with E-state index in [-0.39, 0.29) is 0 Å². The molecule has 0 saturated carbocycles. The van der Waals surface area contributed by atoms with Crippen LogP contribution in [0.2, 0.25) is 0 Å². The molecule has 1 aromatic heterocycles. The lowest BCUT2D eigenvalue weighted by atomic mass is 9.84. The predicted molar refractivity (Wildman–Crippen MR) is 225 cm³/mol. The van der Waals surface area contributed by atoms with Crippen LogP contribution in [0.25, 0.3) is 110 Å². The van der Waals surface area contributed by atoms with E-state index in [0.29, 0.717) is 0 Å². The maximum atomic E-state index is 6.45. The summed E-state index contributed by atoms with van der Waals surface area (Å²) in [7, 11) is 0. The molecular formula is C52H32O. The van der Waals surface area contributed by atoms with E-state index in [1.165, 1.54) is 87.6 Å². The van der Waals surface area contributed by atoms with Crippen LogP contribution >= 0.6 is 0 Å². The average molecular weight is 673 g/mol. The fourth-order valence-corrected chi connectivity index (χ4v) is 8.45. The van der Waals surface area contributed by atoms with Crippen LogP contribution in [0.4, 0.5) is 0 Å². The zero-order valence-corrected chi connectivity index (χ0v) is 28.9. The molecule has 0 aliphatic heterocycles. The van der Waals surface area contributed by atoms with Crippen LogP contribution in [-0.2, 0) is 0 Å². The molecule has 0 fully saturated rings. The minimum atomic E-state index is 0.903. The SMILES string of the molecule is c1ccc(-c2ccc3c(-c4cccc(-c5ccc6ccccc6c5)c4)c4ccccc4c(-c4ccc5oc6cc7ccccc7cc6c5c4)c3c2)cc1. The first-order valence-electron chi connectivity index (χ1n) is 18.2. The Balaban J connectivity index is 1.19. The van der Waals surface area contributed by atoms with Crippen molar-refractivity contribution in [3.8, 4) is 44.5 Å². The fraction of sp³-hybridized carbons (Fsp3) is 0. The monoisotopic (exact) mass is 672 g/mol. The molecule has 0 N–H and O–H groups in total. The van der Waals surface area contributed by atoms with Gasteiger partial charge in [-0.15, -0.1) is 0 Å². The van der Waals surface area contributed by atoms with Gasteiger partial charge in [-0.2, -0.15) is 0 Å². The number of furan rings is 1. The smallest absolute Gasteiger partial charge is 0.136 e. The van der Waals surface area contributed by atoms with Crippen molar-refractivity contribution in [3.05, 3.63) is 194 Å². The Morgan fingerprint density at radius 3 is 1.55 bits per heavy atom. The number of rotatable bonds is 4. The second-order valence-corrected chi connectivity index (χ2v) is 14.1. The van der Waals surface area contributed by atoms with E-state index in [1.807, 2.05) is 0 Å². The Bertz CT molecular complexity index is 3220. The topological polar surface area (TPSA) is 13.1 Å². The van der Waals surface area contributed by atoms with Crippen molar-refractivity contribution in [2.45, 2.75) is 0 Å². The molecule has 11 aromatic rings. The van der Waals surface area contributed by atoms with Gasteiger partial charge in [-0.1, -0.05) is 152 Å². The third kappa shape index (κ3) is 4.86. The number of benzene rings is 10. The summed E-state index contributed by atoms with van der Waals surface area (Å²) in [5.41, 5.74) is 11.5. The fourth-order valence-electron chi connectivity index (χ4n) is 8.45. The number of hydrogen-bond acceptors (Lipinski definition) is 1. The maximum absolute atomic E-state index is 6.45. The molecule has 1 nitrogen and oxygen atoms in total. The highest BCUT2D eigenvalue weighted by Gasteiger charge is 2.19. The van der Waals surface area contributed by atoms with E-state index < -0.39 is 0 Å². The van der Waals surface area contributed by atoms with Crippen molar-refractivity contribution < 1.29 is 4.42 Å². The molecule has 0 bridgehead atoms. The standard InChI is InChI=1S/C52H32O/c1-2-11-33(12-3-1)40-23-25-45-48(30-40)52(42-24-26-49-46(31-42)47-29-37-15-6-7-16-38(37)32-50(47)53-49)44-20-9-8-19-43(44)51(45)41-18-10-17-36(28-41)39-22-21-34-13-4-5-14-35(34)27-39/h1-32H. The Kier molecular flexibility index (Phi) is 6.62. The van der Waals surface area contributed by atoms with Crippen LogP contribution in [0.1, 0.15) is 0 Å². The lowest BCUT2D eigenvalue weighted by Gasteiger charge is -2.19. The number of fused-ring (bicyclic) bond motifs is 7. The van der Waals surface area contributed by atoms with E-state index >= 15 is 0 Å². The van der Waals surface area contributed by atoms with Crippen molar-refractivity contribution in [2.75, 3.05) is 0 Å². The molecular weight excluding hydrogens is 641 g/mol. The highest BCUT2D eigenvalue weighted by molar-refractivity contribution is 6.23. The minimum absolute atomic E-state index is 0.903. The summed E-state index contributed by atoms with van der Waals surface area (Å²) in [5, 5.41) is 12.1. The molecule has 0 radical (unpaired) electrons. The van der Waals surface area contributed by atoms with Crippen molar-refractivity contribution in [2.24, 2.45) is 0 Å². The first kappa shape index (κ1) is 29.7. The first-order chi connectivity index (χ1) is 26.2. The molecule has 0 aliphatic carbocycles. The molecule has 0 amide bonds. The van der Waals surface area contributed by atoms with Gasteiger partial charge in [0.1, 0.15) is 11.2 Å². The summed E-state index contributed by atoms with van der Waals surface area (Å²) in [6.45, 7) is 0. The van der Waals surface area contributed by atoms with Crippen LogP contribution in [0.3, 0.4) is 0 Å². The summed E-state index contributed by atoms with van der Waals surface area (Å²) in [5.74, 6) is 0. The molecule has 0 spiro atoms. The highest BCUT2D eigenvalue weighted by Crippen LogP contribution is 2.46. The van der Waals surface area contributed by atoms with Gasteiger partial charge in [0.15, 0.2) is 0 Å². The largest absolute Gasteiger partial charge is 0.456 e. The van der Waals surface area contributed by atoms with E-state index in [4.69, 9.17) is 4.42 Å². The second-order valence-electron chi connectivity index (χ2n) is 14.1. The van der Waals surface area contributed by atoms with Gasteiger partial charge in [-0.25, -0.2) is 0 Å². The third-order valence-electron chi connectivity index (χ3n) is 11.0. The van der Waals surface area contributed by atoms with Crippen molar-refractivity contribution in [1.29, 1.82) is 0 Å². The van der Waals surface area contributed by atoms with E-state index in [0.717, 1.165) is 21.9 Å². The highest BCUT2D eigenvalue weighted by atomic mass is 16.3. The van der Waals surface area contributed by atoms with Gasteiger partial charge in [0, 0.05) is 10.8 Å². The molecule has 0 atom stereocenters. The lowest BCUT2D eigenvalue weighted by molar-refractivity contribution is 0.669. The second kappa shape index (κ2) is 11.8. The van der Waals surface area contributed by atoms with Crippen LogP contribution in [0, 0.1) is 0 Å². The van der Waals surface area contributed by atoms with Gasteiger partial charge in [0.25, 0.3) is 0 Å². The van der Waals surface area contributed by atoms with Gasteiger partial charge in [-0.05, 0) is 130 Å². The third-order valence-corrected chi connectivity index (χ3v) is 11.0. The van der Waals surface area contributed by atoms with Crippen LogP contribution < -0.4 is 0 Å². The van der Waals surface area contributed by atoms with Gasteiger partial charge in [0.05, 0.1) is 0 Å². The lowest BCUT2D eigenvalue weighted by Crippen LogP contribution is -1.92. The molecule has 1 heterocycles. The quantitative estimate of drug-likeness (QED) is 0.170. The Morgan fingerprint density at radius 1 is 0.226 bits per heavy atom. The van der Waals surface area contributed by atoms with Crippen LogP contribution in [0.5, 0.6) is 0 Å². The summed E-state index contributed by atoms with van der Waals surface area (Å²) in [4.78, 5) is 0. The van der Waals surface area contributed by atoms with Gasteiger partial charge >= 0.3 is 0 Å². The normalized spacial score (nSPS) is 11.8. The summed E-state index contributed by atoms with van der Waals surface area (Å²) in [6, 6.07) is 70.8. The van der Waals surface area contributed by atoms with Crippen molar-refractivity contribution in [3.63, 3.8) is 0 Å². The van der Waals surface area contributed by atoms with Crippen molar-refractivity contribution in [1.82, 2.24) is 0 Å². The molecule has 10 aromatic carbocycles. The predicted octanol–water partition coefficient (Wildman–Crippen LogP) is 14.9. The van der Waals surface area contributed by atoms with E-state index in [9.17, 15) is 0 Å². The van der Waals surface area contributed by atoms with E-state index in [2.05, 4.69) is 194 Å². The van der Waals surface area contributed by atoms with Gasteiger partial charge < -0.3 is 4.42 Å². The van der Waals surface area contributed by atoms with Crippen molar-refractivity contribution >= 4 is 65.0 Å². The van der Waals surface area contributed by atoms with Crippen LogP contribution in [-0.4, -0.2) is 0 Å². The Morgan fingerprint density at radius 2 is 0.736 bits per heavy atom. The van der Waals surface area contributed by atoms with Gasteiger partial charge in [0.2, 0.25) is 0 Å². The molecule has 0 saturated heterocycles. The summed E-state index contributed by atoms with van der Waals surface area (Å²) < 4.78 is 6.45. The molecule has 11 rings (SSSR count). The zero-order valence-electron chi connectivity index (χ0n) is 28.9. The Labute approximate surface area is 307 Å². The molecule has 0 aliphatic rings. The van der Waals surface area contributed by atoms with E-state index in [1.54, 1.807) is 0 Å². The molecule has 1 heteroatoms. The maximum Gasteiger partial charge on any atom is 0.136 e. The zero-order chi connectivity index (χ0) is 34.9. The summed E-state index contributed by atoms with van der Waals surface area (Å²) in [6.07, 6.45) is 0.